The zero-order valence-corrected chi connectivity index (χ0v) is 26.1. The number of rotatable bonds is 6. The number of aliphatic hydroxyl groups is 1. The number of allylic oxidation sites excluding steroid dienone is 3. The molecule has 3 nitrogen and oxygen atoms in total. The van der Waals surface area contributed by atoms with Crippen molar-refractivity contribution in [3.63, 3.8) is 0 Å². The van der Waals surface area contributed by atoms with E-state index in [4.69, 9.17) is 5.11 Å². The van der Waals surface area contributed by atoms with Gasteiger partial charge in [0.15, 0.2) is 0 Å². The molecule has 0 aromatic carbocycles. The van der Waals surface area contributed by atoms with Crippen LogP contribution in [0.15, 0.2) is 24.3 Å². The molecule has 0 fully saturated rings. The Bertz CT molecular complexity index is 369. The molecule has 0 spiro atoms. The minimum absolute atomic E-state index is 0.116. The molecule has 2 unspecified atom stereocenters. The molecular formula is C29H64O3S. The fourth-order valence-corrected chi connectivity index (χ4v) is 0.412. The Labute approximate surface area is 214 Å². The van der Waals surface area contributed by atoms with Crippen LogP contribution in [0.4, 0.5) is 0 Å². The van der Waals surface area contributed by atoms with Gasteiger partial charge in [0.05, 0.1) is 6.10 Å². The zero-order valence-electron chi connectivity index (χ0n) is 25.3. The van der Waals surface area contributed by atoms with E-state index in [9.17, 15) is 4.21 Å². The molecule has 0 rings (SSSR count). The molecule has 2 atom stereocenters. The summed E-state index contributed by atoms with van der Waals surface area (Å²) in [6, 6.07) is 0. The molecule has 0 aromatic heterocycles. The lowest BCUT2D eigenvalue weighted by Gasteiger charge is -1.90. The largest absolute Gasteiger partial charge is 0.393 e. The quantitative estimate of drug-likeness (QED) is 0.297. The van der Waals surface area contributed by atoms with E-state index in [0.29, 0.717) is 0 Å². The number of unbranched alkanes of at least 4 members (excludes halogenated alkanes) is 1. The third kappa shape index (κ3) is 214. The van der Waals surface area contributed by atoms with Crippen LogP contribution >= 0.6 is 0 Å². The van der Waals surface area contributed by atoms with Crippen LogP contribution in [-0.2, 0) is 15.5 Å². The third-order valence-electron chi connectivity index (χ3n) is 3.21. The van der Waals surface area contributed by atoms with Crippen molar-refractivity contribution in [1.29, 1.82) is 0 Å². The summed E-state index contributed by atoms with van der Waals surface area (Å²) in [6.45, 7) is 28.6. The van der Waals surface area contributed by atoms with Gasteiger partial charge in [0, 0.05) is 42.9 Å². The molecule has 0 heterocycles. The Morgan fingerprint density at radius 2 is 1.42 bits per heavy atom. The van der Waals surface area contributed by atoms with E-state index >= 15 is 0 Å². The average Bonchev–Trinajstić information content (AvgIpc) is 2.81. The van der Waals surface area contributed by atoms with E-state index in [1.807, 2.05) is 48.5 Å². The topological polar surface area (TPSA) is 46.5 Å². The van der Waals surface area contributed by atoms with Crippen molar-refractivity contribution in [3.8, 4) is 11.8 Å². The van der Waals surface area contributed by atoms with Crippen molar-refractivity contribution in [3.05, 3.63) is 24.3 Å². The Kier molecular flexibility index (Phi) is 94.5. The molecule has 0 saturated heterocycles. The van der Waals surface area contributed by atoms with Crippen molar-refractivity contribution in [1.82, 2.24) is 0 Å². The van der Waals surface area contributed by atoms with Crippen LogP contribution in [0.1, 0.15) is 122 Å². The minimum atomic E-state index is -0.573. The van der Waals surface area contributed by atoms with E-state index in [-0.39, 0.29) is 6.10 Å². The molecule has 0 saturated carbocycles. The van der Waals surface area contributed by atoms with Gasteiger partial charge in [-0.25, -0.2) is 0 Å². The second-order valence-corrected chi connectivity index (χ2v) is 8.49. The standard InChI is InChI=1S/2C5H10.C5H8.C4H10O.C4H10.C3H8OS.C3H8O/c1-4-5(2)3;2*1-3-5-4-2;1-3-4(2)5;1-3-4-2;1-3-5(2)4;1-3-4-2/h2,4H2,1,3H3;3,5H,4H2,1-2H3;3H2,1-2H3;4-5H,3H2,1-2H3;3-4H2,1-2H3;3H2,1-2H3;3H2,1-2H3. The van der Waals surface area contributed by atoms with Gasteiger partial charge >= 0.3 is 0 Å². The molecule has 0 aromatic rings. The normalized spacial score (nSPS) is 9.79. The SMILES string of the molecule is C=C(C)CC.CC#CCC.CC=CCC.CCC(C)O.CCCC.CCOC.CCS(C)=O. The van der Waals surface area contributed by atoms with E-state index in [1.54, 1.807) is 20.3 Å². The number of aliphatic hydroxyl groups excluding tert-OH is 1. The van der Waals surface area contributed by atoms with Crippen LogP contribution in [0, 0.1) is 11.8 Å². The molecule has 0 aliphatic heterocycles. The summed E-state index contributed by atoms with van der Waals surface area (Å²) in [6.07, 6.45) is 12.5. The van der Waals surface area contributed by atoms with Crippen LogP contribution < -0.4 is 0 Å². The highest BCUT2D eigenvalue weighted by molar-refractivity contribution is 7.84. The monoisotopic (exact) mass is 492 g/mol. The van der Waals surface area contributed by atoms with Crippen LogP contribution in [0.3, 0.4) is 0 Å². The molecule has 1 N–H and O–H groups in total. The van der Waals surface area contributed by atoms with Crippen molar-refractivity contribution in [2.75, 3.05) is 25.7 Å². The summed E-state index contributed by atoms with van der Waals surface area (Å²) < 4.78 is 14.5. The first-order valence-electron chi connectivity index (χ1n) is 12.6. The highest BCUT2D eigenvalue weighted by Gasteiger charge is 1.81. The van der Waals surface area contributed by atoms with Gasteiger partial charge in [-0.2, -0.15) is 0 Å². The van der Waals surface area contributed by atoms with Crippen LogP contribution in [0.25, 0.3) is 0 Å². The summed E-state index contributed by atoms with van der Waals surface area (Å²) in [5.41, 5.74) is 1.25. The first-order chi connectivity index (χ1) is 15.5. The average molecular weight is 493 g/mol. The van der Waals surface area contributed by atoms with Crippen molar-refractivity contribution < 1.29 is 14.1 Å². The summed E-state index contributed by atoms with van der Waals surface area (Å²) >= 11 is 0. The Hall–Kier alpha value is -0.890. The predicted molar refractivity (Wildman–Crippen MR) is 159 cm³/mol. The Morgan fingerprint density at radius 3 is 1.42 bits per heavy atom. The predicted octanol–water partition coefficient (Wildman–Crippen LogP) is 8.99. The lowest BCUT2D eigenvalue weighted by atomic mass is 10.3. The lowest BCUT2D eigenvalue weighted by Crippen LogP contribution is -1.93. The molecule has 33 heavy (non-hydrogen) atoms. The van der Waals surface area contributed by atoms with Crippen LogP contribution in [-0.4, -0.2) is 41.1 Å². The number of hydrogen-bond acceptors (Lipinski definition) is 3. The Morgan fingerprint density at radius 1 is 1.09 bits per heavy atom. The molecule has 0 bridgehead atoms. The summed E-state index contributed by atoms with van der Waals surface area (Å²) in [4.78, 5) is 0. The van der Waals surface area contributed by atoms with Gasteiger partial charge in [0.1, 0.15) is 0 Å². The number of ether oxygens (including phenoxy) is 1. The van der Waals surface area contributed by atoms with Crippen molar-refractivity contribution >= 4 is 10.8 Å². The minimum Gasteiger partial charge on any atom is -0.393 e. The molecule has 4 heteroatoms. The third-order valence-corrected chi connectivity index (χ3v) is 4.03. The second kappa shape index (κ2) is 63.3. The van der Waals surface area contributed by atoms with Gasteiger partial charge in [-0.05, 0) is 53.9 Å². The molecule has 0 amide bonds. The summed E-state index contributed by atoms with van der Waals surface area (Å²) in [7, 11) is 1.11. The maximum absolute atomic E-state index is 9.92. The zero-order chi connectivity index (χ0) is 27.9. The van der Waals surface area contributed by atoms with Gasteiger partial charge in [-0.3, -0.25) is 4.21 Å². The maximum Gasteiger partial charge on any atom is 0.0509 e. The van der Waals surface area contributed by atoms with Gasteiger partial charge in [0.25, 0.3) is 0 Å². The summed E-state index contributed by atoms with van der Waals surface area (Å²) in [5.74, 6) is 6.41. The fraction of sp³-hybridized carbons (Fsp3) is 0.793. The Balaban J connectivity index is -0.0000000479. The van der Waals surface area contributed by atoms with E-state index in [2.05, 4.69) is 63.0 Å². The maximum atomic E-state index is 9.92. The fourth-order valence-electron chi connectivity index (χ4n) is 0.412. The van der Waals surface area contributed by atoms with Gasteiger partial charge < -0.3 is 9.84 Å². The van der Waals surface area contributed by atoms with Crippen LogP contribution in [0.2, 0.25) is 0 Å². The van der Waals surface area contributed by atoms with E-state index < -0.39 is 10.8 Å². The molecule has 204 valence electrons. The highest BCUT2D eigenvalue weighted by Crippen LogP contribution is 1.88. The van der Waals surface area contributed by atoms with Crippen molar-refractivity contribution in [2.24, 2.45) is 0 Å². The molecular weight excluding hydrogens is 428 g/mol. The van der Waals surface area contributed by atoms with Gasteiger partial charge in [0.2, 0.25) is 0 Å². The molecule has 0 radical (unpaired) electrons. The van der Waals surface area contributed by atoms with E-state index in [1.165, 1.54) is 18.4 Å². The molecule has 0 aliphatic carbocycles. The van der Waals surface area contributed by atoms with Crippen molar-refractivity contribution in [2.45, 2.75) is 128 Å². The molecule has 0 aliphatic rings. The first kappa shape index (κ1) is 49.3. The number of methoxy groups -OCH3 is 1. The van der Waals surface area contributed by atoms with Gasteiger partial charge in [-0.1, -0.05) is 79.0 Å². The van der Waals surface area contributed by atoms with Crippen LogP contribution in [0.5, 0.6) is 0 Å². The highest BCUT2D eigenvalue weighted by atomic mass is 32.2. The second-order valence-electron chi connectivity index (χ2n) is 6.76. The lowest BCUT2D eigenvalue weighted by molar-refractivity contribution is 0.191. The smallest absolute Gasteiger partial charge is 0.0509 e. The van der Waals surface area contributed by atoms with E-state index in [0.717, 1.165) is 38.0 Å². The number of hydrogen-bond donors (Lipinski definition) is 1. The first-order valence-corrected chi connectivity index (χ1v) is 14.3. The van der Waals surface area contributed by atoms with Gasteiger partial charge in [-0.15, -0.1) is 18.4 Å². The summed E-state index contributed by atoms with van der Waals surface area (Å²) in [5, 5.41) is 8.36.